The smallest absolute Gasteiger partial charge is 0.243 e. The normalized spacial score (nSPS) is 10.8. The van der Waals surface area contributed by atoms with E-state index in [1.807, 2.05) is 42.5 Å². The number of hydrogen-bond donors (Lipinski definition) is 1. The quantitative estimate of drug-likeness (QED) is 0.744. The predicted octanol–water partition coefficient (Wildman–Crippen LogP) is 1.86. The molecule has 0 spiro atoms. The van der Waals surface area contributed by atoms with E-state index in [1.54, 1.807) is 11.8 Å². The van der Waals surface area contributed by atoms with Gasteiger partial charge in [0.15, 0.2) is 5.65 Å². The second-order valence-corrected chi connectivity index (χ2v) is 4.51. The van der Waals surface area contributed by atoms with Crippen molar-refractivity contribution in [2.24, 2.45) is 0 Å². The van der Waals surface area contributed by atoms with Gasteiger partial charge in [0.1, 0.15) is 5.03 Å². The van der Waals surface area contributed by atoms with E-state index >= 15 is 0 Å². The van der Waals surface area contributed by atoms with Gasteiger partial charge in [0.25, 0.3) is 0 Å². The summed E-state index contributed by atoms with van der Waals surface area (Å²) in [7, 11) is 0. The van der Waals surface area contributed by atoms with Crippen LogP contribution in [0.5, 0.6) is 0 Å². The average molecular weight is 243 g/mol. The Kier molecular flexibility index (Phi) is 2.41. The van der Waals surface area contributed by atoms with E-state index in [4.69, 9.17) is 5.73 Å². The Bertz CT molecular complexity index is 649. The predicted molar refractivity (Wildman–Crippen MR) is 65.8 cm³/mol. The molecule has 0 saturated carbocycles. The van der Waals surface area contributed by atoms with Crippen LogP contribution in [0.4, 0.5) is 5.95 Å². The van der Waals surface area contributed by atoms with E-state index in [2.05, 4.69) is 15.3 Å². The van der Waals surface area contributed by atoms with Crippen molar-refractivity contribution in [1.82, 2.24) is 19.8 Å². The Hall–Kier alpha value is -2.08. The molecule has 0 aliphatic carbocycles. The number of aromatic nitrogens is 4. The van der Waals surface area contributed by atoms with Crippen LogP contribution in [0.25, 0.3) is 5.65 Å². The average Bonchev–Trinajstić information content (AvgIpc) is 2.73. The maximum atomic E-state index is 5.66. The lowest BCUT2D eigenvalue weighted by Gasteiger charge is -2.00. The minimum Gasteiger partial charge on any atom is -0.366 e. The van der Waals surface area contributed by atoms with Gasteiger partial charge in [0.2, 0.25) is 5.95 Å². The third-order valence-electron chi connectivity index (χ3n) is 2.23. The van der Waals surface area contributed by atoms with Crippen LogP contribution < -0.4 is 5.73 Å². The number of hydrogen-bond acceptors (Lipinski definition) is 5. The minimum atomic E-state index is 0.301. The van der Waals surface area contributed by atoms with Crippen molar-refractivity contribution in [3.63, 3.8) is 0 Å². The Morgan fingerprint density at radius 3 is 2.65 bits per heavy atom. The van der Waals surface area contributed by atoms with Crippen LogP contribution in [0.1, 0.15) is 0 Å². The molecular formula is C11H9N5S. The summed E-state index contributed by atoms with van der Waals surface area (Å²) in [5.74, 6) is 0.301. The molecule has 0 bridgehead atoms. The molecule has 3 aromatic rings. The Balaban J connectivity index is 1.98. The third-order valence-corrected chi connectivity index (χ3v) is 3.16. The fraction of sp³-hybridized carbons (Fsp3) is 0. The highest BCUT2D eigenvalue weighted by Crippen LogP contribution is 2.25. The molecule has 0 fully saturated rings. The molecule has 17 heavy (non-hydrogen) atoms. The summed E-state index contributed by atoms with van der Waals surface area (Å²) in [6, 6.07) is 13.8. The first kappa shape index (κ1) is 10.1. The fourth-order valence-corrected chi connectivity index (χ4v) is 2.25. The number of anilines is 1. The topological polar surface area (TPSA) is 69.1 Å². The van der Waals surface area contributed by atoms with Crippen LogP contribution in [0.2, 0.25) is 0 Å². The summed E-state index contributed by atoms with van der Waals surface area (Å²) in [5.41, 5.74) is 6.31. The van der Waals surface area contributed by atoms with Crippen molar-refractivity contribution in [1.29, 1.82) is 0 Å². The highest BCUT2D eigenvalue weighted by atomic mass is 32.2. The van der Waals surface area contributed by atoms with Gasteiger partial charge in [-0.3, -0.25) is 0 Å². The molecule has 0 atom stereocenters. The molecule has 3 rings (SSSR count). The molecule has 0 radical (unpaired) electrons. The molecule has 6 heteroatoms. The second-order valence-electron chi connectivity index (χ2n) is 3.41. The largest absolute Gasteiger partial charge is 0.366 e. The summed E-state index contributed by atoms with van der Waals surface area (Å²) >= 11 is 1.57. The van der Waals surface area contributed by atoms with Gasteiger partial charge in [-0.25, -0.2) is 0 Å². The Labute approximate surface area is 102 Å². The third kappa shape index (κ3) is 1.94. The molecule has 0 amide bonds. The Morgan fingerprint density at radius 1 is 1.00 bits per heavy atom. The van der Waals surface area contributed by atoms with Crippen LogP contribution in [0.15, 0.2) is 52.4 Å². The SMILES string of the molecule is Nc1nnc2ccc(Sc3ccccc3)nn12. The number of nitrogen functional groups attached to an aromatic ring is 1. The summed E-state index contributed by atoms with van der Waals surface area (Å²) in [6.45, 7) is 0. The molecule has 2 aromatic heterocycles. The van der Waals surface area contributed by atoms with E-state index < -0.39 is 0 Å². The van der Waals surface area contributed by atoms with Gasteiger partial charge in [-0.2, -0.15) is 9.61 Å². The molecule has 2 heterocycles. The minimum absolute atomic E-state index is 0.301. The summed E-state index contributed by atoms with van der Waals surface area (Å²) in [5, 5.41) is 12.9. The van der Waals surface area contributed by atoms with Crippen molar-refractivity contribution in [3.8, 4) is 0 Å². The van der Waals surface area contributed by atoms with Gasteiger partial charge in [-0.15, -0.1) is 10.2 Å². The molecule has 0 unspecified atom stereocenters. The number of benzene rings is 1. The van der Waals surface area contributed by atoms with Crippen LogP contribution in [-0.4, -0.2) is 19.8 Å². The first-order valence-corrected chi connectivity index (χ1v) is 5.85. The first-order chi connectivity index (χ1) is 8.33. The highest BCUT2D eigenvalue weighted by Gasteiger charge is 2.04. The maximum Gasteiger partial charge on any atom is 0.243 e. The first-order valence-electron chi connectivity index (χ1n) is 5.04. The van der Waals surface area contributed by atoms with Gasteiger partial charge >= 0.3 is 0 Å². The number of fused-ring (bicyclic) bond motifs is 1. The molecule has 5 nitrogen and oxygen atoms in total. The summed E-state index contributed by atoms with van der Waals surface area (Å²) in [4.78, 5) is 1.13. The molecule has 2 N–H and O–H groups in total. The lowest BCUT2D eigenvalue weighted by molar-refractivity contribution is 0.864. The van der Waals surface area contributed by atoms with E-state index in [0.29, 0.717) is 11.6 Å². The van der Waals surface area contributed by atoms with E-state index in [0.717, 1.165) is 9.92 Å². The molecule has 1 aromatic carbocycles. The zero-order chi connectivity index (χ0) is 11.7. The molecule has 0 aliphatic rings. The number of nitrogens with zero attached hydrogens (tertiary/aromatic N) is 4. The standard InChI is InChI=1S/C11H9N5S/c12-11-14-13-9-6-7-10(15-16(9)11)17-8-4-2-1-3-5-8/h1-7H,(H2,12,14). The van der Waals surface area contributed by atoms with Crippen molar-refractivity contribution >= 4 is 23.4 Å². The zero-order valence-electron chi connectivity index (χ0n) is 8.82. The van der Waals surface area contributed by atoms with Gasteiger partial charge in [-0.05, 0) is 24.3 Å². The van der Waals surface area contributed by atoms with Crippen molar-refractivity contribution in [2.45, 2.75) is 9.92 Å². The molecule has 0 aliphatic heterocycles. The van der Waals surface area contributed by atoms with E-state index in [1.165, 1.54) is 4.52 Å². The molecular weight excluding hydrogens is 234 g/mol. The van der Waals surface area contributed by atoms with Gasteiger partial charge in [0.05, 0.1) is 0 Å². The number of rotatable bonds is 2. The monoisotopic (exact) mass is 243 g/mol. The van der Waals surface area contributed by atoms with E-state index in [-0.39, 0.29) is 0 Å². The van der Waals surface area contributed by atoms with Crippen molar-refractivity contribution in [2.75, 3.05) is 5.73 Å². The Morgan fingerprint density at radius 2 is 1.82 bits per heavy atom. The van der Waals surface area contributed by atoms with Gasteiger partial charge < -0.3 is 5.73 Å². The fourth-order valence-electron chi connectivity index (χ4n) is 1.45. The molecule has 84 valence electrons. The van der Waals surface area contributed by atoms with Crippen molar-refractivity contribution < 1.29 is 0 Å². The summed E-state index contributed by atoms with van der Waals surface area (Å²) < 4.78 is 1.53. The maximum absolute atomic E-state index is 5.66. The van der Waals surface area contributed by atoms with E-state index in [9.17, 15) is 0 Å². The van der Waals surface area contributed by atoms with Crippen LogP contribution in [0, 0.1) is 0 Å². The lowest BCUT2D eigenvalue weighted by Crippen LogP contribution is -1.98. The van der Waals surface area contributed by atoms with Crippen LogP contribution >= 0.6 is 11.8 Å². The van der Waals surface area contributed by atoms with Crippen LogP contribution in [0.3, 0.4) is 0 Å². The number of nitrogens with two attached hydrogens (primary N) is 1. The molecule has 0 saturated heterocycles. The second kappa shape index (κ2) is 4.06. The van der Waals surface area contributed by atoms with Crippen LogP contribution in [-0.2, 0) is 0 Å². The van der Waals surface area contributed by atoms with Gasteiger partial charge in [-0.1, -0.05) is 30.0 Å². The summed E-state index contributed by atoms with van der Waals surface area (Å²) in [6.07, 6.45) is 0. The zero-order valence-corrected chi connectivity index (χ0v) is 9.63. The highest BCUT2D eigenvalue weighted by molar-refractivity contribution is 7.99. The van der Waals surface area contributed by atoms with Crippen molar-refractivity contribution in [3.05, 3.63) is 42.5 Å². The van der Waals surface area contributed by atoms with Gasteiger partial charge in [0, 0.05) is 4.90 Å². The lowest BCUT2D eigenvalue weighted by atomic mass is 10.4.